The Hall–Kier alpha value is -0.820. The Bertz CT molecular complexity index is 400. The highest BCUT2D eigenvalue weighted by Gasteiger charge is 2.44. The first-order chi connectivity index (χ1) is 7.70. The highest BCUT2D eigenvalue weighted by molar-refractivity contribution is 5.38. The number of nitrogens with one attached hydrogen (secondary N) is 1. The first-order valence-electron chi connectivity index (χ1n) is 6.51. The molecule has 2 aliphatic rings. The molecule has 0 aromatic heterocycles. The van der Waals surface area contributed by atoms with Crippen LogP contribution in [0, 0.1) is 13.8 Å². The molecule has 2 fully saturated rings. The summed E-state index contributed by atoms with van der Waals surface area (Å²) in [5, 5.41) is 3.69. The summed E-state index contributed by atoms with van der Waals surface area (Å²) in [6.45, 7) is 5.62. The van der Waals surface area contributed by atoms with Crippen molar-refractivity contribution in [2.75, 3.05) is 6.54 Å². The van der Waals surface area contributed by atoms with Gasteiger partial charge >= 0.3 is 0 Å². The molecule has 1 aromatic carbocycles. The number of hydrogen-bond donors (Lipinski definition) is 1. The predicted octanol–water partition coefficient (Wildman–Crippen LogP) is 3.09. The van der Waals surface area contributed by atoms with Gasteiger partial charge in [-0.15, -0.1) is 0 Å². The standard InChI is InChI=1S/C15H21N/c1-11-3-4-13(9-12(11)2)15(7-8-15)10-16-14-5-6-14/h3-4,9,14,16H,5-8,10H2,1-2H3. The van der Waals surface area contributed by atoms with E-state index in [1.54, 1.807) is 5.56 Å². The predicted molar refractivity (Wildman–Crippen MR) is 67.9 cm³/mol. The molecule has 0 amide bonds. The lowest BCUT2D eigenvalue weighted by Crippen LogP contribution is -2.28. The molecule has 86 valence electrons. The van der Waals surface area contributed by atoms with E-state index in [1.807, 2.05) is 0 Å². The van der Waals surface area contributed by atoms with Gasteiger partial charge in [0.25, 0.3) is 0 Å². The van der Waals surface area contributed by atoms with E-state index in [9.17, 15) is 0 Å². The van der Waals surface area contributed by atoms with Gasteiger partial charge in [0.2, 0.25) is 0 Å². The number of hydrogen-bond acceptors (Lipinski definition) is 1. The van der Waals surface area contributed by atoms with Crippen LogP contribution < -0.4 is 5.32 Å². The molecular weight excluding hydrogens is 194 g/mol. The van der Waals surface area contributed by atoms with Crippen LogP contribution in [0.1, 0.15) is 42.4 Å². The maximum Gasteiger partial charge on any atom is 0.00786 e. The van der Waals surface area contributed by atoms with Gasteiger partial charge in [0.1, 0.15) is 0 Å². The Morgan fingerprint density at radius 1 is 1.19 bits per heavy atom. The van der Waals surface area contributed by atoms with E-state index in [0.717, 1.165) is 6.04 Å². The zero-order valence-corrected chi connectivity index (χ0v) is 10.3. The molecule has 0 heterocycles. The number of aryl methyl sites for hydroxylation is 2. The Balaban J connectivity index is 1.76. The minimum Gasteiger partial charge on any atom is -0.313 e. The average Bonchev–Trinajstić information content (AvgIpc) is 3.14. The fourth-order valence-corrected chi connectivity index (χ4v) is 2.42. The Morgan fingerprint density at radius 2 is 1.94 bits per heavy atom. The first-order valence-corrected chi connectivity index (χ1v) is 6.51. The minimum atomic E-state index is 0.487. The Morgan fingerprint density at radius 3 is 2.50 bits per heavy atom. The summed E-state index contributed by atoms with van der Waals surface area (Å²) in [6.07, 6.45) is 5.52. The SMILES string of the molecule is Cc1ccc(C2(CNC3CC3)CC2)cc1C. The smallest absolute Gasteiger partial charge is 0.00786 e. The summed E-state index contributed by atoms with van der Waals surface area (Å²) < 4.78 is 0. The lowest BCUT2D eigenvalue weighted by molar-refractivity contribution is 0.571. The van der Waals surface area contributed by atoms with E-state index in [-0.39, 0.29) is 0 Å². The van der Waals surface area contributed by atoms with Crippen molar-refractivity contribution in [3.63, 3.8) is 0 Å². The second-order valence-corrected chi connectivity index (χ2v) is 5.73. The van der Waals surface area contributed by atoms with Gasteiger partial charge < -0.3 is 5.32 Å². The summed E-state index contributed by atoms with van der Waals surface area (Å²) in [5.41, 5.74) is 4.90. The molecule has 0 atom stereocenters. The molecule has 1 nitrogen and oxygen atoms in total. The van der Waals surface area contributed by atoms with Gasteiger partial charge in [0, 0.05) is 18.0 Å². The summed E-state index contributed by atoms with van der Waals surface area (Å²) in [4.78, 5) is 0. The van der Waals surface area contributed by atoms with Crippen molar-refractivity contribution >= 4 is 0 Å². The molecule has 0 spiro atoms. The van der Waals surface area contributed by atoms with E-state index >= 15 is 0 Å². The van der Waals surface area contributed by atoms with Crippen molar-refractivity contribution in [3.8, 4) is 0 Å². The second kappa shape index (κ2) is 3.59. The highest BCUT2D eigenvalue weighted by Crippen LogP contribution is 2.48. The van der Waals surface area contributed by atoms with Gasteiger partial charge in [-0.25, -0.2) is 0 Å². The fourth-order valence-electron chi connectivity index (χ4n) is 2.42. The fraction of sp³-hybridized carbons (Fsp3) is 0.600. The van der Waals surface area contributed by atoms with Gasteiger partial charge in [-0.05, 0) is 56.2 Å². The third-order valence-electron chi connectivity index (χ3n) is 4.28. The van der Waals surface area contributed by atoms with Crippen LogP contribution in [0.2, 0.25) is 0 Å². The van der Waals surface area contributed by atoms with Crippen molar-refractivity contribution in [3.05, 3.63) is 34.9 Å². The topological polar surface area (TPSA) is 12.0 Å². The van der Waals surface area contributed by atoms with E-state index < -0.39 is 0 Å². The van der Waals surface area contributed by atoms with Gasteiger partial charge in [-0.2, -0.15) is 0 Å². The molecule has 0 bridgehead atoms. The average molecular weight is 215 g/mol. The maximum absolute atomic E-state index is 3.69. The van der Waals surface area contributed by atoms with Crippen molar-refractivity contribution in [1.29, 1.82) is 0 Å². The number of benzene rings is 1. The summed E-state index contributed by atoms with van der Waals surface area (Å²) in [5.74, 6) is 0. The van der Waals surface area contributed by atoms with Crippen LogP contribution in [0.25, 0.3) is 0 Å². The second-order valence-electron chi connectivity index (χ2n) is 5.73. The van der Waals surface area contributed by atoms with Gasteiger partial charge in [0.15, 0.2) is 0 Å². The molecule has 3 rings (SSSR count). The zero-order chi connectivity index (χ0) is 11.2. The Kier molecular flexibility index (Phi) is 2.32. The minimum absolute atomic E-state index is 0.487. The largest absolute Gasteiger partial charge is 0.313 e. The van der Waals surface area contributed by atoms with Crippen LogP contribution in [0.4, 0.5) is 0 Å². The molecule has 0 aliphatic heterocycles. The van der Waals surface area contributed by atoms with Crippen LogP contribution in [0.3, 0.4) is 0 Å². The monoisotopic (exact) mass is 215 g/mol. The van der Waals surface area contributed by atoms with Crippen molar-refractivity contribution in [1.82, 2.24) is 5.32 Å². The lowest BCUT2D eigenvalue weighted by atomic mass is 9.93. The summed E-state index contributed by atoms with van der Waals surface area (Å²) in [7, 11) is 0. The third kappa shape index (κ3) is 1.89. The normalized spacial score (nSPS) is 22.1. The quantitative estimate of drug-likeness (QED) is 0.814. The van der Waals surface area contributed by atoms with Crippen LogP contribution in [0.5, 0.6) is 0 Å². The molecule has 1 aromatic rings. The first kappa shape index (κ1) is 10.3. The van der Waals surface area contributed by atoms with E-state index in [4.69, 9.17) is 0 Å². The van der Waals surface area contributed by atoms with Gasteiger partial charge in [-0.1, -0.05) is 18.2 Å². The number of rotatable bonds is 4. The molecule has 1 N–H and O–H groups in total. The molecule has 0 radical (unpaired) electrons. The molecular formula is C15H21N. The summed E-state index contributed by atoms with van der Waals surface area (Å²) >= 11 is 0. The summed E-state index contributed by atoms with van der Waals surface area (Å²) in [6, 6.07) is 7.85. The van der Waals surface area contributed by atoms with Crippen LogP contribution in [-0.4, -0.2) is 12.6 Å². The van der Waals surface area contributed by atoms with Crippen molar-refractivity contribution < 1.29 is 0 Å². The van der Waals surface area contributed by atoms with E-state index in [2.05, 4.69) is 37.4 Å². The molecule has 0 saturated heterocycles. The molecule has 2 saturated carbocycles. The van der Waals surface area contributed by atoms with Gasteiger partial charge in [-0.3, -0.25) is 0 Å². The molecule has 16 heavy (non-hydrogen) atoms. The molecule has 0 unspecified atom stereocenters. The van der Waals surface area contributed by atoms with Crippen molar-refractivity contribution in [2.45, 2.75) is 51.0 Å². The van der Waals surface area contributed by atoms with Crippen molar-refractivity contribution in [2.24, 2.45) is 0 Å². The zero-order valence-electron chi connectivity index (χ0n) is 10.3. The highest BCUT2D eigenvalue weighted by atomic mass is 15.0. The van der Waals surface area contributed by atoms with E-state index in [1.165, 1.54) is 43.4 Å². The van der Waals surface area contributed by atoms with Gasteiger partial charge in [0.05, 0.1) is 0 Å². The maximum atomic E-state index is 3.69. The molecule has 2 aliphatic carbocycles. The van der Waals surface area contributed by atoms with E-state index in [0.29, 0.717) is 5.41 Å². The lowest BCUT2D eigenvalue weighted by Gasteiger charge is -2.17. The van der Waals surface area contributed by atoms with Crippen LogP contribution in [0.15, 0.2) is 18.2 Å². The molecule has 1 heteroatoms. The van der Waals surface area contributed by atoms with Crippen LogP contribution in [-0.2, 0) is 5.41 Å². The van der Waals surface area contributed by atoms with Crippen LogP contribution >= 0.6 is 0 Å². The third-order valence-corrected chi connectivity index (χ3v) is 4.28. The Labute approximate surface area is 98.3 Å².